The molecule has 188 valence electrons. The third kappa shape index (κ3) is 5.10. The van der Waals surface area contributed by atoms with E-state index >= 15 is 0 Å². The average molecular weight is 449 g/mol. The molecule has 0 aromatic heterocycles. The molecule has 4 aliphatic rings. The SMILES string of the molecule is CC.CC.CC[C@H]1CC2C3CCC(CCCC(=O)OC)C3(C)CC[C@@H]2C2(C)CCCCC12. The van der Waals surface area contributed by atoms with Crippen LogP contribution in [-0.2, 0) is 9.53 Å². The molecular weight excluding hydrogens is 392 g/mol. The van der Waals surface area contributed by atoms with Crippen molar-refractivity contribution in [1.29, 1.82) is 0 Å². The maximum atomic E-state index is 11.6. The van der Waals surface area contributed by atoms with Gasteiger partial charge in [-0.3, -0.25) is 4.79 Å². The fourth-order valence-corrected chi connectivity index (χ4v) is 9.20. The molecule has 0 aromatic rings. The fraction of sp³-hybridized carbons (Fsp3) is 0.967. The summed E-state index contributed by atoms with van der Waals surface area (Å²) in [7, 11) is 1.52. The van der Waals surface area contributed by atoms with E-state index < -0.39 is 0 Å². The van der Waals surface area contributed by atoms with Crippen LogP contribution in [-0.4, -0.2) is 13.1 Å². The molecule has 2 heteroatoms. The minimum atomic E-state index is -0.0299. The Bertz CT molecular complexity index is 571. The van der Waals surface area contributed by atoms with Crippen molar-refractivity contribution in [1.82, 2.24) is 0 Å². The predicted molar refractivity (Wildman–Crippen MR) is 138 cm³/mol. The van der Waals surface area contributed by atoms with Crippen LogP contribution in [0.25, 0.3) is 0 Å². The number of esters is 1. The molecule has 0 spiro atoms. The molecule has 8 atom stereocenters. The second-order valence-electron chi connectivity index (χ2n) is 11.4. The highest BCUT2D eigenvalue weighted by Crippen LogP contribution is 2.69. The minimum Gasteiger partial charge on any atom is -0.469 e. The van der Waals surface area contributed by atoms with E-state index in [1.807, 2.05) is 27.7 Å². The Morgan fingerprint density at radius 2 is 1.56 bits per heavy atom. The molecule has 0 aromatic carbocycles. The Morgan fingerprint density at radius 1 is 0.875 bits per heavy atom. The lowest BCUT2D eigenvalue weighted by atomic mass is 9.42. The Morgan fingerprint density at radius 3 is 2.22 bits per heavy atom. The van der Waals surface area contributed by atoms with E-state index in [9.17, 15) is 4.79 Å². The molecule has 4 aliphatic carbocycles. The molecule has 0 saturated heterocycles. The van der Waals surface area contributed by atoms with Gasteiger partial charge in [0.1, 0.15) is 0 Å². The Kier molecular flexibility index (Phi) is 10.6. The van der Waals surface area contributed by atoms with E-state index in [4.69, 9.17) is 4.74 Å². The summed E-state index contributed by atoms with van der Waals surface area (Å²) in [6.45, 7) is 15.8. The van der Waals surface area contributed by atoms with E-state index in [-0.39, 0.29) is 5.97 Å². The van der Waals surface area contributed by atoms with Crippen molar-refractivity contribution in [2.45, 2.75) is 132 Å². The second kappa shape index (κ2) is 12.3. The van der Waals surface area contributed by atoms with Gasteiger partial charge in [-0.15, -0.1) is 0 Å². The van der Waals surface area contributed by atoms with Gasteiger partial charge in [0.25, 0.3) is 0 Å². The molecule has 2 nitrogen and oxygen atoms in total. The number of rotatable bonds is 5. The van der Waals surface area contributed by atoms with E-state index in [0.29, 0.717) is 17.3 Å². The molecule has 0 amide bonds. The van der Waals surface area contributed by atoms with Gasteiger partial charge in [0, 0.05) is 6.42 Å². The summed E-state index contributed by atoms with van der Waals surface area (Å²) in [5.74, 6) is 5.71. The van der Waals surface area contributed by atoms with E-state index in [1.165, 1.54) is 77.7 Å². The molecule has 0 heterocycles. The molecule has 0 bridgehead atoms. The topological polar surface area (TPSA) is 26.3 Å². The lowest BCUT2D eigenvalue weighted by Gasteiger charge is -2.62. The van der Waals surface area contributed by atoms with Crippen molar-refractivity contribution >= 4 is 5.97 Å². The van der Waals surface area contributed by atoms with Gasteiger partial charge in [-0.05, 0) is 104 Å². The number of ether oxygens (including phenoxy) is 1. The zero-order chi connectivity index (χ0) is 23.9. The third-order valence-electron chi connectivity index (χ3n) is 10.6. The van der Waals surface area contributed by atoms with Crippen LogP contribution in [0.3, 0.4) is 0 Å². The van der Waals surface area contributed by atoms with Crippen molar-refractivity contribution in [2.24, 2.45) is 46.3 Å². The third-order valence-corrected chi connectivity index (χ3v) is 10.6. The van der Waals surface area contributed by atoms with Crippen LogP contribution < -0.4 is 0 Å². The van der Waals surface area contributed by atoms with Gasteiger partial charge in [0.15, 0.2) is 0 Å². The second-order valence-corrected chi connectivity index (χ2v) is 11.4. The summed E-state index contributed by atoms with van der Waals surface area (Å²) in [5, 5.41) is 0. The first-order chi connectivity index (χ1) is 15.4. The molecular formula is C30H56O2. The molecule has 6 unspecified atom stereocenters. The van der Waals surface area contributed by atoms with Crippen LogP contribution >= 0.6 is 0 Å². The Labute approximate surface area is 201 Å². The zero-order valence-corrected chi connectivity index (χ0v) is 23.0. The van der Waals surface area contributed by atoms with Crippen LogP contribution in [0.2, 0.25) is 0 Å². The van der Waals surface area contributed by atoms with Gasteiger partial charge in [-0.2, -0.15) is 0 Å². The number of hydrogen-bond acceptors (Lipinski definition) is 2. The normalized spacial score (nSPS) is 42.1. The van der Waals surface area contributed by atoms with E-state index in [2.05, 4.69) is 20.8 Å². The van der Waals surface area contributed by atoms with Crippen molar-refractivity contribution in [3.63, 3.8) is 0 Å². The van der Waals surface area contributed by atoms with Crippen molar-refractivity contribution in [3.8, 4) is 0 Å². The minimum absolute atomic E-state index is 0.0299. The monoisotopic (exact) mass is 448 g/mol. The number of fused-ring (bicyclic) bond motifs is 5. The standard InChI is InChI=1S/C26H44O2.2C2H6/c1-5-18-17-20-22-13-12-19(9-8-11-24(27)28-4)25(22,2)16-14-23(20)26(3)15-7-6-10-21(18)26;2*1-2/h18-23H,5-17H2,1-4H3;2*1-2H3/t18-,19?,20?,21?,22?,23-,25?,26?;;/m0../s1. The molecule has 0 aliphatic heterocycles. The molecule has 4 saturated carbocycles. The summed E-state index contributed by atoms with van der Waals surface area (Å²) in [4.78, 5) is 11.6. The van der Waals surface area contributed by atoms with Gasteiger partial charge < -0.3 is 4.74 Å². The van der Waals surface area contributed by atoms with Gasteiger partial charge >= 0.3 is 5.97 Å². The van der Waals surface area contributed by atoms with Crippen LogP contribution in [0.1, 0.15) is 132 Å². The smallest absolute Gasteiger partial charge is 0.305 e. The highest BCUT2D eigenvalue weighted by atomic mass is 16.5. The van der Waals surface area contributed by atoms with Crippen LogP contribution in [0, 0.1) is 46.3 Å². The summed E-state index contributed by atoms with van der Waals surface area (Å²) in [6, 6.07) is 0. The van der Waals surface area contributed by atoms with Crippen molar-refractivity contribution < 1.29 is 9.53 Å². The number of methoxy groups -OCH3 is 1. The van der Waals surface area contributed by atoms with Gasteiger partial charge in [-0.1, -0.05) is 67.7 Å². The van der Waals surface area contributed by atoms with Gasteiger partial charge in [0.05, 0.1) is 7.11 Å². The van der Waals surface area contributed by atoms with Crippen molar-refractivity contribution in [2.75, 3.05) is 7.11 Å². The van der Waals surface area contributed by atoms with Crippen LogP contribution in [0.15, 0.2) is 0 Å². The molecule has 4 rings (SSSR count). The Hall–Kier alpha value is -0.530. The lowest BCUT2D eigenvalue weighted by Crippen LogP contribution is -2.55. The largest absolute Gasteiger partial charge is 0.469 e. The first kappa shape index (κ1) is 27.7. The van der Waals surface area contributed by atoms with Crippen LogP contribution in [0.4, 0.5) is 0 Å². The molecule has 0 radical (unpaired) electrons. The van der Waals surface area contributed by atoms with E-state index in [0.717, 1.165) is 41.9 Å². The number of carbonyl (C=O) groups excluding carboxylic acids is 1. The number of hydrogen-bond donors (Lipinski definition) is 0. The Balaban J connectivity index is 0.000000860. The highest BCUT2D eigenvalue weighted by molar-refractivity contribution is 5.68. The predicted octanol–water partition coefficient (Wildman–Crippen LogP) is 9.07. The maximum Gasteiger partial charge on any atom is 0.305 e. The zero-order valence-electron chi connectivity index (χ0n) is 23.0. The van der Waals surface area contributed by atoms with Gasteiger partial charge in [0.2, 0.25) is 0 Å². The maximum absolute atomic E-state index is 11.6. The molecule has 32 heavy (non-hydrogen) atoms. The summed E-state index contributed by atoms with van der Waals surface area (Å²) in [6.07, 6.45) is 17.5. The molecule has 0 N–H and O–H groups in total. The highest BCUT2D eigenvalue weighted by Gasteiger charge is 2.60. The van der Waals surface area contributed by atoms with E-state index in [1.54, 1.807) is 0 Å². The van der Waals surface area contributed by atoms with Crippen molar-refractivity contribution in [3.05, 3.63) is 0 Å². The first-order valence-electron chi connectivity index (χ1n) is 14.5. The lowest BCUT2D eigenvalue weighted by molar-refractivity contribution is -0.141. The molecule has 4 fully saturated rings. The quantitative estimate of drug-likeness (QED) is 0.392. The fourth-order valence-electron chi connectivity index (χ4n) is 9.20. The summed E-state index contributed by atoms with van der Waals surface area (Å²) in [5.41, 5.74) is 1.17. The summed E-state index contributed by atoms with van der Waals surface area (Å²) >= 11 is 0. The average Bonchev–Trinajstić information content (AvgIpc) is 3.17. The summed E-state index contributed by atoms with van der Waals surface area (Å²) < 4.78 is 4.86. The first-order valence-corrected chi connectivity index (χ1v) is 14.5. The van der Waals surface area contributed by atoms with Crippen LogP contribution in [0.5, 0.6) is 0 Å². The van der Waals surface area contributed by atoms with Gasteiger partial charge in [-0.25, -0.2) is 0 Å². The number of carbonyl (C=O) groups is 1.